The molecule has 0 saturated heterocycles. The van der Waals surface area contributed by atoms with Gasteiger partial charge in [-0.05, 0) is 47.5 Å². The van der Waals surface area contributed by atoms with Crippen LogP contribution in [-0.4, -0.2) is 64.9 Å². The summed E-state index contributed by atoms with van der Waals surface area (Å²) in [5, 5.41) is 17.5. The quantitative estimate of drug-likeness (QED) is 0.210. The number of aromatic nitrogens is 6. The van der Waals surface area contributed by atoms with Gasteiger partial charge in [0.2, 0.25) is 10.3 Å². The Hall–Kier alpha value is -4.46. The summed E-state index contributed by atoms with van der Waals surface area (Å²) in [5.74, 6) is 1.42. The number of thiazole rings is 2. The molecule has 4 heterocycles. The molecule has 0 atom stereocenters. The molecule has 0 amide bonds. The molecular weight excluding hydrogens is 673 g/mol. The standard InChI is InChI=1S/C22H22N4O4S2.C6H6N4O2S2/c1-29-19-7-3-17(4-8-19)15-25(16-18-5-9-20(30-2)10-6-18)32(27,28)21-11-13-26(24-21)22-23-12-14-31-22;7-14(11,12)5-1-3-10(9-5)6-8-2-4-13-6/h3-14H,15-16H2,1-2H3;1-4H,(H2,7,11,12). The molecule has 18 heteroatoms. The van der Waals surface area contributed by atoms with Crippen LogP contribution in [0.15, 0.2) is 106 Å². The fourth-order valence-electron chi connectivity index (χ4n) is 4.00. The number of methoxy groups -OCH3 is 2. The topological polar surface area (TPSA) is 177 Å². The average Bonchev–Trinajstić information content (AvgIpc) is 3.88. The van der Waals surface area contributed by atoms with E-state index in [0.717, 1.165) is 11.1 Å². The first kappa shape index (κ1) is 32.9. The van der Waals surface area contributed by atoms with Gasteiger partial charge in [0, 0.05) is 48.6 Å². The zero-order valence-corrected chi connectivity index (χ0v) is 27.7. The lowest BCUT2D eigenvalue weighted by Crippen LogP contribution is -2.30. The molecule has 0 aliphatic carbocycles. The molecule has 0 radical (unpaired) electrons. The maximum atomic E-state index is 13.6. The number of nitrogens with zero attached hydrogens (tertiary/aromatic N) is 7. The molecule has 0 unspecified atom stereocenters. The molecule has 0 fully saturated rings. The molecule has 14 nitrogen and oxygen atoms in total. The molecule has 0 bridgehead atoms. The second kappa shape index (κ2) is 14.3. The fraction of sp³-hybridized carbons (Fsp3) is 0.143. The van der Waals surface area contributed by atoms with E-state index in [0.29, 0.717) is 21.8 Å². The van der Waals surface area contributed by atoms with Crippen LogP contribution in [-0.2, 0) is 33.1 Å². The number of ether oxygens (including phenoxy) is 2. The first-order valence-electron chi connectivity index (χ1n) is 13.3. The second-order valence-corrected chi connectivity index (χ2v) is 14.5. The number of sulfonamides is 2. The third-order valence-corrected chi connectivity index (χ3v) is 10.3. The zero-order valence-electron chi connectivity index (χ0n) is 24.4. The van der Waals surface area contributed by atoms with Crippen LogP contribution < -0.4 is 14.6 Å². The number of benzene rings is 2. The van der Waals surface area contributed by atoms with Gasteiger partial charge >= 0.3 is 0 Å². The van der Waals surface area contributed by atoms with Crippen LogP contribution in [0.2, 0.25) is 0 Å². The fourth-order valence-corrected chi connectivity index (χ4v) is 6.93. The summed E-state index contributed by atoms with van der Waals surface area (Å²) in [6.45, 7) is 0.366. The van der Waals surface area contributed by atoms with Gasteiger partial charge in [-0.25, -0.2) is 41.3 Å². The van der Waals surface area contributed by atoms with Crippen molar-refractivity contribution in [2.75, 3.05) is 14.2 Å². The van der Waals surface area contributed by atoms with Crippen LogP contribution in [0.25, 0.3) is 10.3 Å². The molecule has 0 aliphatic rings. The van der Waals surface area contributed by atoms with E-state index in [2.05, 4.69) is 20.2 Å². The smallest absolute Gasteiger partial charge is 0.263 e. The van der Waals surface area contributed by atoms with Crippen molar-refractivity contribution in [1.29, 1.82) is 0 Å². The summed E-state index contributed by atoms with van der Waals surface area (Å²) in [6.07, 6.45) is 6.36. The molecule has 6 rings (SSSR count). The van der Waals surface area contributed by atoms with E-state index in [-0.39, 0.29) is 23.1 Å². The van der Waals surface area contributed by atoms with E-state index in [4.69, 9.17) is 14.6 Å². The minimum absolute atomic E-state index is 0.0327. The van der Waals surface area contributed by atoms with Gasteiger partial charge in [0.25, 0.3) is 20.0 Å². The number of rotatable bonds is 11. The van der Waals surface area contributed by atoms with Crippen molar-refractivity contribution in [3.05, 3.63) is 107 Å². The minimum Gasteiger partial charge on any atom is -0.497 e. The van der Waals surface area contributed by atoms with E-state index in [1.54, 1.807) is 38.2 Å². The molecule has 4 aromatic heterocycles. The monoisotopic (exact) mass is 700 g/mol. The zero-order chi connectivity index (χ0) is 32.7. The first-order valence-corrected chi connectivity index (χ1v) is 18.0. The second-order valence-electron chi connectivity index (χ2n) is 9.34. The minimum atomic E-state index is -3.88. The summed E-state index contributed by atoms with van der Waals surface area (Å²) >= 11 is 2.73. The number of hydrogen-bond acceptors (Lipinski definition) is 12. The van der Waals surface area contributed by atoms with Crippen LogP contribution in [0.1, 0.15) is 11.1 Å². The van der Waals surface area contributed by atoms with Crippen molar-refractivity contribution >= 4 is 42.7 Å². The number of nitrogens with two attached hydrogens (primary N) is 1. The van der Waals surface area contributed by atoms with Crippen LogP contribution in [0.4, 0.5) is 0 Å². The van der Waals surface area contributed by atoms with Gasteiger partial charge < -0.3 is 9.47 Å². The van der Waals surface area contributed by atoms with E-state index in [1.165, 1.54) is 54.7 Å². The lowest BCUT2D eigenvalue weighted by molar-refractivity contribution is 0.395. The van der Waals surface area contributed by atoms with Gasteiger partial charge in [0.15, 0.2) is 10.1 Å². The van der Waals surface area contributed by atoms with Crippen molar-refractivity contribution < 1.29 is 26.3 Å². The predicted octanol–water partition coefficient (Wildman–Crippen LogP) is 3.71. The van der Waals surface area contributed by atoms with Gasteiger partial charge in [-0.2, -0.15) is 14.5 Å². The van der Waals surface area contributed by atoms with Gasteiger partial charge in [-0.1, -0.05) is 24.3 Å². The molecule has 240 valence electrons. The third kappa shape index (κ3) is 8.03. The summed E-state index contributed by atoms with van der Waals surface area (Å²) in [5.41, 5.74) is 1.67. The molecule has 6 aromatic rings. The molecule has 2 aromatic carbocycles. The molecular formula is C28H28N8O6S4. The molecule has 0 spiro atoms. The molecule has 0 saturated carbocycles. The predicted molar refractivity (Wildman–Crippen MR) is 172 cm³/mol. The summed E-state index contributed by atoms with van der Waals surface area (Å²) in [7, 11) is -4.43. The van der Waals surface area contributed by atoms with Crippen LogP contribution in [0, 0.1) is 0 Å². The van der Waals surface area contributed by atoms with Crippen molar-refractivity contribution in [3.63, 3.8) is 0 Å². The maximum absolute atomic E-state index is 13.6. The van der Waals surface area contributed by atoms with Crippen LogP contribution in [0.5, 0.6) is 11.5 Å². The Balaban J connectivity index is 0.000000247. The maximum Gasteiger partial charge on any atom is 0.263 e. The Morgan fingerprint density at radius 3 is 1.50 bits per heavy atom. The van der Waals surface area contributed by atoms with Crippen molar-refractivity contribution in [2.24, 2.45) is 5.14 Å². The highest BCUT2D eigenvalue weighted by atomic mass is 32.2. The molecule has 46 heavy (non-hydrogen) atoms. The van der Waals surface area contributed by atoms with Gasteiger partial charge in [0.1, 0.15) is 11.5 Å². The Morgan fingerprint density at radius 1 is 0.696 bits per heavy atom. The lowest BCUT2D eigenvalue weighted by Gasteiger charge is -2.21. The summed E-state index contributed by atoms with van der Waals surface area (Å²) in [6, 6.07) is 17.5. The summed E-state index contributed by atoms with van der Waals surface area (Å²) in [4.78, 5) is 8.15. The Kier molecular flexibility index (Phi) is 10.2. The highest BCUT2D eigenvalue weighted by Crippen LogP contribution is 2.23. The normalized spacial score (nSPS) is 11.7. The average molecular weight is 701 g/mol. The van der Waals surface area contributed by atoms with E-state index in [1.807, 2.05) is 53.9 Å². The Labute approximate surface area is 273 Å². The highest BCUT2D eigenvalue weighted by molar-refractivity contribution is 7.89. The van der Waals surface area contributed by atoms with Crippen LogP contribution >= 0.6 is 22.7 Å². The van der Waals surface area contributed by atoms with Crippen molar-refractivity contribution in [2.45, 2.75) is 23.1 Å². The number of primary sulfonamides is 1. The van der Waals surface area contributed by atoms with Crippen molar-refractivity contribution in [1.82, 2.24) is 33.8 Å². The Bertz CT molecular complexity index is 2010. The third-order valence-electron chi connectivity index (χ3n) is 6.29. The van der Waals surface area contributed by atoms with Gasteiger partial charge in [0.05, 0.1) is 14.2 Å². The van der Waals surface area contributed by atoms with Crippen LogP contribution in [0.3, 0.4) is 0 Å². The first-order chi connectivity index (χ1) is 22.1. The Morgan fingerprint density at radius 2 is 1.13 bits per heavy atom. The largest absolute Gasteiger partial charge is 0.497 e. The summed E-state index contributed by atoms with van der Waals surface area (Å²) < 4.78 is 63.6. The highest BCUT2D eigenvalue weighted by Gasteiger charge is 2.28. The van der Waals surface area contributed by atoms with E-state index >= 15 is 0 Å². The SMILES string of the molecule is COc1ccc(CN(Cc2ccc(OC)cc2)S(=O)(=O)c2ccn(-c3nccs3)n2)cc1.NS(=O)(=O)c1ccn(-c2nccs2)n1. The number of hydrogen-bond donors (Lipinski definition) is 1. The van der Waals surface area contributed by atoms with E-state index < -0.39 is 20.0 Å². The molecule has 2 N–H and O–H groups in total. The van der Waals surface area contributed by atoms with Gasteiger partial charge in [-0.3, -0.25) is 0 Å². The van der Waals surface area contributed by atoms with Crippen molar-refractivity contribution in [3.8, 4) is 21.8 Å². The van der Waals surface area contributed by atoms with Gasteiger partial charge in [-0.15, -0.1) is 22.7 Å². The lowest BCUT2D eigenvalue weighted by atomic mass is 10.2. The van der Waals surface area contributed by atoms with E-state index in [9.17, 15) is 16.8 Å². The molecule has 0 aliphatic heterocycles.